The molecule has 1 aromatic rings. The average molecular weight is 223 g/mol. The summed E-state index contributed by atoms with van der Waals surface area (Å²) in [6.45, 7) is 4.10. The molecule has 0 aliphatic heterocycles. The molecule has 1 fully saturated rings. The van der Waals surface area contributed by atoms with Crippen LogP contribution in [0.1, 0.15) is 48.8 Å². The van der Waals surface area contributed by atoms with Crippen LogP contribution in [0.15, 0.2) is 4.42 Å². The van der Waals surface area contributed by atoms with Gasteiger partial charge in [0.2, 0.25) is 5.76 Å². The van der Waals surface area contributed by atoms with E-state index in [1.54, 1.807) is 6.92 Å². The Hall–Kier alpha value is -1.32. The van der Waals surface area contributed by atoms with Gasteiger partial charge in [-0.15, -0.1) is 0 Å². The van der Waals surface area contributed by atoms with Gasteiger partial charge in [0.05, 0.1) is 12.3 Å². The molecule has 0 bridgehead atoms. The number of hydrogen-bond acceptors (Lipinski definition) is 4. The Morgan fingerprint density at radius 1 is 1.50 bits per heavy atom. The molecule has 2 rings (SSSR count). The Morgan fingerprint density at radius 3 is 2.81 bits per heavy atom. The highest BCUT2D eigenvalue weighted by molar-refractivity contribution is 5.87. The van der Waals surface area contributed by atoms with E-state index in [0.29, 0.717) is 36.3 Å². The molecule has 0 atom stereocenters. The van der Waals surface area contributed by atoms with Gasteiger partial charge in [-0.05, 0) is 32.1 Å². The predicted molar refractivity (Wildman–Crippen MR) is 58.3 cm³/mol. The van der Waals surface area contributed by atoms with Gasteiger partial charge in [-0.25, -0.2) is 9.78 Å². The highest BCUT2D eigenvalue weighted by atomic mass is 16.5. The fraction of sp³-hybridized carbons (Fsp3) is 0.667. The van der Waals surface area contributed by atoms with Gasteiger partial charge in [0.15, 0.2) is 5.89 Å². The molecule has 1 heterocycles. The summed E-state index contributed by atoms with van der Waals surface area (Å²) in [5.74, 6) is 1.29. The van der Waals surface area contributed by atoms with Crippen molar-refractivity contribution in [2.45, 2.75) is 39.5 Å². The number of ether oxygens (including phenoxy) is 1. The molecule has 1 saturated carbocycles. The average Bonchev–Trinajstić information content (AvgIpc) is 2.96. The number of carbonyl (C=O) groups is 1. The minimum atomic E-state index is -0.395. The lowest BCUT2D eigenvalue weighted by Crippen LogP contribution is -2.05. The van der Waals surface area contributed by atoms with E-state index in [2.05, 4.69) is 4.98 Å². The van der Waals surface area contributed by atoms with E-state index in [1.165, 1.54) is 12.8 Å². The van der Waals surface area contributed by atoms with Crippen molar-refractivity contribution in [3.63, 3.8) is 0 Å². The third-order valence-electron chi connectivity index (χ3n) is 2.70. The second kappa shape index (κ2) is 4.68. The Morgan fingerprint density at radius 2 is 2.25 bits per heavy atom. The van der Waals surface area contributed by atoms with Crippen LogP contribution in [0.25, 0.3) is 0 Å². The van der Waals surface area contributed by atoms with Crippen LogP contribution in [-0.4, -0.2) is 17.6 Å². The molecule has 4 nitrogen and oxygen atoms in total. The smallest absolute Gasteiger partial charge is 0.376 e. The van der Waals surface area contributed by atoms with E-state index in [0.717, 1.165) is 6.42 Å². The lowest BCUT2D eigenvalue weighted by atomic mass is 10.3. The number of rotatable bonds is 5. The van der Waals surface area contributed by atoms with Crippen LogP contribution >= 0.6 is 0 Å². The Labute approximate surface area is 95.0 Å². The van der Waals surface area contributed by atoms with Crippen molar-refractivity contribution in [3.8, 4) is 0 Å². The van der Waals surface area contributed by atoms with Crippen molar-refractivity contribution in [1.29, 1.82) is 0 Å². The van der Waals surface area contributed by atoms with Crippen LogP contribution in [0, 0.1) is 5.92 Å². The van der Waals surface area contributed by atoms with Gasteiger partial charge in [0, 0.05) is 6.42 Å². The van der Waals surface area contributed by atoms with Gasteiger partial charge >= 0.3 is 5.97 Å². The molecule has 4 heteroatoms. The Kier molecular flexibility index (Phi) is 3.27. The van der Waals surface area contributed by atoms with Crippen LogP contribution in [0.2, 0.25) is 0 Å². The van der Waals surface area contributed by atoms with Crippen LogP contribution in [0.4, 0.5) is 0 Å². The minimum absolute atomic E-state index is 0.292. The maximum Gasteiger partial charge on any atom is 0.376 e. The van der Waals surface area contributed by atoms with Gasteiger partial charge in [-0.3, -0.25) is 0 Å². The quantitative estimate of drug-likeness (QED) is 0.719. The standard InChI is InChI=1S/C12H17NO3/c1-3-9-11(12(14)15-4-2)16-10(13-9)7-8-5-6-8/h8H,3-7H2,1-2H3. The summed E-state index contributed by atoms with van der Waals surface area (Å²) in [5.41, 5.74) is 0.717. The molecule has 0 N–H and O–H groups in total. The zero-order valence-corrected chi connectivity index (χ0v) is 9.78. The molecule has 1 aliphatic rings. The van der Waals surface area contributed by atoms with E-state index >= 15 is 0 Å². The third-order valence-corrected chi connectivity index (χ3v) is 2.70. The Balaban J connectivity index is 2.14. The van der Waals surface area contributed by atoms with E-state index in [9.17, 15) is 4.79 Å². The molecule has 0 radical (unpaired) electrons. The van der Waals surface area contributed by atoms with Crippen LogP contribution in [-0.2, 0) is 17.6 Å². The highest BCUT2D eigenvalue weighted by Crippen LogP contribution is 2.32. The first kappa shape index (κ1) is 11.2. The summed E-state index contributed by atoms with van der Waals surface area (Å²) >= 11 is 0. The zero-order chi connectivity index (χ0) is 11.5. The molecule has 0 aromatic carbocycles. The summed E-state index contributed by atoms with van der Waals surface area (Å²) in [6.07, 6.45) is 4.05. The van der Waals surface area contributed by atoms with Crippen LogP contribution in [0.3, 0.4) is 0 Å². The summed E-state index contributed by atoms with van der Waals surface area (Å²) in [6, 6.07) is 0. The molecule has 1 aliphatic carbocycles. The lowest BCUT2D eigenvalue weighted by molar-refractivity contribution is 0.0486. The third kappa shape index (κ3) is 2.43. The van der Waals surface area contributed by atoms with Gasteiger partial charge in [-0.2, -0.15) is 0 Å². The summed E-state index contributed by atoms with van der Waals surface area (Å²) in [7, 11) is 0. The van der Waals surface area contributed by atoms with Crippen molar-refractivity contribution in [2.24, 2.45) is 5.92 Å². The zero-order valence-electron chi connectivity index (χ0n) is 9.78. The summed E-state index contributed by atoms with van der Waals surface area (Å²) in [5, 5.41) is 0. The first-order chi connectivity index (χ1) is 7.74. The molecule has 0 unspecified atom stereocenters. The van der Waals surface area contributed by atoms with Crippen LogP contribution < -0.4 is 0 Å². The van der Waals surface area contributed by atoms with Crippen molar-refractivity contribution >= 4 is 5.97 Å². The highest BCUT2D eigenvalue weighted by Gasteiger charge is 2.26. The van der Waals surface area contributed by atoms with Gasteiger partial charge in [0.1, 0.15) is 0 Å². The van der Waals surface area contributed by atoms with Gasteiger partial charge < -0.3 is 9.15 Å². The second-order valence-electron chi connectivity index (χ2n) is 4.10. The number of aryl methyl sites for hydroxylation is 1. The maximum absolute atomic E-state index is 11.6. The number of esters is 1. The number of oxazole rings is 1. The SMILES string of the molecule is CCOC(=O)c1oc(CC2CC2)nc1CC. The fourth-order valence-electron chi connectivity index (χ4n) is 1.65. The van der Waals surface area contributed by atoms with Crippen molar-refractivity contribution < 1.29 is 13.9 Å². The van der Waals surface area contributed by atoms with E-state index in [1.807, 2.05) is 6.92 Å². The van der Waals surface area contributed by atoms with Crippen LogP contribution in [0.5, 0.6) is 0 Å². The number of hydrogen-bond donors (Lipinski definition) is 0. The minimum Gasteiger partial charge on any atom is -0.460 e. The topological polar surface area (TPSA) is 52.3 Å². The first-order valence-corrected chi connectivity index (χ1v) is 5.90. The molecule has 88 valence electrons. The number of nitrogens with zero attached hydrogens (tertiary/aromatic N) is 1. The van der Waals surface area contributed by atoms with Gasteiger partial charge in [0.25, 0.3) is 0 Å². The first-order valence-electron chi connectivity index (χ1n) is 5.90. The molecule has 0 amide bonds. The normalized spacial score (nSPS) is 15.1. The van der Waals surface area contributed by atoms with Crippen molar-refractivity contribution in [3.05, 3.63) is 17.3 Å². The van der Waals surface area contributed by atoms with E-state index in [-0.39, 0.29) is 0 Å². The largest absolute Gasteiger partial charge is 0.460 e. The predicted octanol–water partition coefficient (Wildman–Crippen LogP) is 2.37. The molecule has 1 aromatic heterocycles. The monoisotopic (exact) mass is 223 g/mol. The molecular weight excluding hydrogens is 206 g/mol. The van der Waals surface area contributed by atoms with E-state index in [4.69, 9.17) is 9.15 Å². The molecule has 0 spiro atoms. The fourth-order valence-corrected chi connectivity index (χ4v) is 1.65. The molecule has 0 saturated heterocycles. The van der Waals surface area contributed by atoms with E-state index < -0.39 is 5.97 Å². The van der Waals surface area contributed by atoms with Gasteiger partial charge in [-0.1, -0.05) is 6.92 Å². The van der Waals surface area contributed by atoms with Crippen molar-refractivity contribution in [2.75, 3.05) is 6.61 Å². The summed E-state index contributed by atoms with van der Waals surface area (Å²) < 4.78 is 10.4. The van der Waals surface area contributed by atoms with Crippen molar-refractivity contribution in [1.82, 2.24) is 4.98 Å². The Bertz CT molecular complexity index is 380. The maximum atomic E-state index is 11.6. The second-order valence-corrected chi connectivity index (χ2v) is 4.10. The number of carbonyl (C=O) groups excluding carboxylic acids is 1. The lowest BCUT2D eigenvalue weighted by Gasteiger charge is -1.98. The molecular formula is C12H17NO3. The number of aromatic nitrogens is 1. The summed E-state index contributed by atoms with van der Waals surface area (Å²) in [4.78, 5) is 15.9. The molecule has 16 heavy (non-hydrogen) atoms.